The third-order valence-corrected chi connectivity index (χ3v) is 6.37. The number of ether oxygens (including phenoxy) is 1. The van der Waals surface area contributed by atoms with Crippen LogP contribution in [0, 0.1) is 11.3 Å². The lowest BCUT2D eigenvalue weighted by Crippen LogP contribution is -2.14. The Bertz CT molecular complexity index is 1070. The SMILES string of the molecule is CCn1c(COc2ccc(C(C)(C)C)cc2)nnc1SCC(=O)Nc1sccc1C#N. The molecule has 1 amide bonds. The van der Waals surface area contributed by atoms with E-state index in [4.69, 9.17) is 10.00 Å². The van der Waals surface area contributed by atoms with Gasteiger partial charge in [-0.2, -0.15) is 5.26 Å². The Balaban J connectivity index is 1.57. The largest absolute Gasteiger partial charge is 0.486 e. The molecule has 1 aromatic carbocycles. The van der Waals surface area contributed by atoms with Crippen molar-refractivity contribution in [1.82, 2.24) is 14.8 Å². The second-order valence-corrected chi connectivity index (χ2v) is 9.68. The average molecular weight is 456 g/mol. The predicted molar refractivity (Wildman–Crippen MR) is 124 cm³/mol. The van der Waals surface area contributed by atoms with Gasteiger partial charge in [0.15, 0.2) is 11.0 Å². The Hall–Kier alpha value is -2.83. The molecule has 0 atom stereocenters. The number of nitrogens with one attached hydrogen (secondary N) is 1. The maximum atomic E-state index is 12.3. The highest BCUT2D eigenvalue weighted by Gasteiger charge is 2.16. The molecule has 0 radical (unpaired) electrons. The number of thiophene rings is 1. The number of nitrogens with zero attached hydrogens (tertiary/aromatic N) is 4. The summed E-state index contributed by atoms with van der Waals surface area (Å²) in [7, 11) is 0. The number of aromatic nitrogens is 3. The van der Waals surface area contributed by atoms with Crippen LogP contribution in [-0.2, 0) is 23.4 Å². The summed E-state index contributed by atoms with van der Waals surface area (Å²) in [5, 5.41) is 23.3. The highest BCUT2D eigenvalue weighted by Crippen LogP contribution is 2.25. The van der Waals surface area contributed by atoms with Crippen LogP contribution in [0.3, 0.4) is 0 Å². The molecule has 0 fully saturated rings. The fourth-order valence-electron chi connectivity index (χ4n) is 2.84. The van der Waals surface area contributed by atoms with E-state index in [0.29, 0.717) is 34.7 Å². The number of benzene rings is 1. The van der Waals surface area contributed by atoms with E-state index in [1.54, 1.807) is 11.4 Å². The summed E-state index contributed by atoms with van der Waals surface area (Å²) >= 11 is 2.63. The first-order valence-electron chi connectivity index (χ1n) is 9.87. The normalized spacial score (nSPS) is 11.2. The molecule has 0 bridgehead atoms. The number of hydrogen-bond donors (Lipinski definition) is 1. The van der Waals surface area contributed by atoms with Crippen LogP contribution in [0.2, 0.25) is 0 Å². The molecule has 0 saturated carbocycles. The molecule has 1 N–H and O–H groups in total. The molecular weight excluding hydrogens is 430 g/mol. The van der Waals surface area contributed by atoms with E-state index < -0.39 is 0 Å². The number of anilines is 1. The van der Waals surface area contributed by atoms with E-state index in [2.05, 4.69) is 54.5 Å². The van der Waals surface area contributed by atoms with Crippen molar-refractivity contribution >= 4 is 34.0 Å². The van der Waals surface area contributed by atoms with Crippen molar-refractivity contribution in [3.8, 4) is 11.8 Å². The average Bonchev–Trinajstić information content (AvgIpc) is 3.36. The summed E-state index contributed by atoms with van der Waals surface area (Å²) in [5.74, 6) is 1.47. The zero-order valence-corrected chi connectivity index (χ0v) is 19.6. The third kappa shape index (κ3) is 5.87. The lowest BCUT2D eigenvalue weighted by atomic mass is 9.87. The molecule has 7 nitrogen and oxygen atoms in total. The molecule has 3 aromatic rings. The van der Waals surface area contributed by atoms with E-state index in [1.165, 1.54) is 28.7 Å². The second kappa shape index (κ2) is 9.98. The van der Waals surface area contributed by atoms with E-state index in [1.807, 2.05) is 23.6 Å². The van der Waals surface area contributed by atoms with Crippen LogP contribution in [0.25, 0.3) is 0 Å². The van der Waals surface area contributed by atoms with Gasteiger partial charge in [0.2, 0.25) is 5.91 Å². The summed E-state index contributed by atoms with van der Waals surface area (Å²) in [6, 6.07) is 11.8. The van der Waals surface area contributed by atoms with Gasteiger partial charge in [0, 0.05) is 6.54 Å². The van der Waals surface area contributed by atoms with Crippen LogP contribution >= 0.6 is 23.1 Å². The van der Waals surface area contributed by atoms with Gasteiger partial charge >= 0.3 is 0 Å². The summed E-state index contributed by atoms with van der Waals surface area (Å²) in [5.41, 5.74) is 1.81. The van der Waals surface area contributed by atoms with Crippen LogP contribution < -0.4 is 10.1 Å². The molecule has 31 heavy (non-hydrogen) atoms. The molecule has 2 aromatic heterocycles. The van der Waals surface area contributed by atoms with Crippen LogP contribution in [0.1, 0.15) is 44.6 Å². The lowest BCUT2D eigenvalue weighted by molar-refractivity contribution is -0.113. The Morgan fingerprint density at radius 1 is 1.26 bits per heavy atom. The zero-order valence-electron chi connectivity index (χ0n) is 18.0. The first-order valence-corrected chi connectivity index (χ1v) is 11.7. The summed E-state index contributed by atoms with van der Waals surface area (Å²) in [6.07, 6.45) is 0. The van der Waals surface area contributed by atoms with Gasteiger partial charge in [-0.25, -0.2) is 0 Å². The third-order valence-electron chi connectivity index (χ3n) is 4.57. The number of thioether (sulfide) groups is 1. The molecule has 2 heterocycles. The molecule has 9 heteroatoms. The van der Waals surface area contributed by atoms with Crippen LogP contribution in [0.15, 0.2) is 40.9 Å². The quantitative estimate of drug-likeness (QED) is 0.489. The van der Waals surface area contributed by atoms with E-state index in [0.717, 1.165) is 5.75 Å². The lowest BCUT2D eigenvalue weighted by Gasteiger charge is -2.19. The predicted octanol–water partition coefficient (Wildman–Crippen LogP) is 4.84. The van der Waals surface area contributed by atoms with Gasteiger partial charge in [0.05, 0.1) is 11.3 Å². The van der Waals surface area contributed by atoms with Crippen molar-refractivity contribution in [3.63, 3.8) is 0 Å². The van der Waals surface area contributed by atoms with Crippen molar-refractivity contribution in [2.45, 2.75) is 51.4 Å². The maximum Gasteiger partial charge on any atom is 0.235 e. The molecule has 0 aliphatic carbocycles. The fourth-order valence-corrected chi connectivity index (χ4v) is 4.41. The van der Waals surface area contributed by atoms with Crippen molar-refractivity contribution in [1.29, 1.82) is 5.26 Å². The Morgan fingerprint density at radius 3 is 2.65 bits per heavy atom. The number of nitriles is 1. The van der Waals surface area contributed by atoms with Gasteiger partial charge in [0.1, 0.15) is 23.4 Å². The molecular formula is C22H25N5O2S2. The number of hydrogen-bond acceptors (Lipinski definition) is 7. The maximum absolute atomic E-state index is 12.3. The number of rotatable bonds is 8. The second-order valence-electron chi connectivity index (χ2n) is 7.82. The van der Waals surface area contributed by atoms with Crippen molar-refractivity contribution in [2.24, 2.45) is 0 Å². The zero-order chi connectivity index (χ0) is 22.4. The van der Waals surface area contributed by atoms with E-state index >= 15 is 0 Å². The van der Waals surface area contributed by atoms with Crippen molar-refractivity contribution < 1.29 is 9.53 Å². The van der Waals surface area contributed by atoms with E-state index in [9.17, 15) is 4.79 Å². The Kier molecular flexibility index (Phi) is 7.36. The minimum absolute atomic E-state index is 0.0962. The first-order chi connectivity index (χ1) is 14.8. The number of carbonyl (C=O) groups is 1. The monoisotopic (exact) mass is 455 g/mol. The summed E-state index contributed by atoms with van der Waals surface area (Å²) in [4.78, 5) is 12.3. The number of carbonyl (C=O) groups excluding carboxylic acids is 1. The van der Waals surface area contributed by atoms with Crippen molar-refractivity contribution in [2.75, 3.05) is 11.1 Å². The standard InChI is InChI=1S/C22H25N5O2S2/c1-5-27-18(13-29-17-8-6-16(7-9-17)22(2,3)4)25-26-21(27)31-14-19(28)24-20-15(12-23)10-11-30-20/h6-11H,5,13-14H2,1-4H3,(H,24,28). The summed E-state index contributed by atoms with van der Waals surface area (Å²) in [6.45, 7) is 9.49. The van der Waals surface area contributed by atoms with Gasteiger partial charge in [0.25, 0.3) is 0 Å². The molecule has 0 spiro atoms. The Morgan fingerprint density at radius 2 is 2.00 bits per heavy atom. The molecule has 0 unspecified atom stereocenters. The molecule has 0 aliphatic rings. The van der Waals surface area contributed by atoms with Crippen LogP contribution in [-0.4, -0.2) is 26.4 Å². The van der Waals surface area contributed by atoms with E-state index in [-0.39, 0.29) is 17.1 Å². The van der Waals surface area contributed by atoms with Crippen molar-refractivity contribution in [3.05, 3.63) is 52.7 Å². The molecule has 162 valence electrons. The molecule has 3 rings (SSSR count). The first kappa shape index (κ1) is 22.8. The topological polar surface area (TPSA) is 92.8 Å². The molecule has 0 saturated heterocycles. The minimum Gasteiger partial charge on any atom is -0.486 e. The number of amides is 1. The van der Waals surface area contributed by atoms with Gasteiger partial charge in [-0.15, -0.1) is 21.5 Å². The van der Waals surface area contributed by atoms with Gasteiger partial charge in [-0.05, 0) is 41.5 Å². The van der Waals surface area contributed by atoms with Gasteiger partial charge in [-0.3, -0.25) is 4.79 Å². The highest BCUT2D eigenvalue weighted by molar-refractivity contribution is 7.99. The highest BCUT2D eigenvalue weighted by atomic mass is 32.2. The molecule has 0 aliphatic heterocycles. The van der Waals surface area contributed by atoms with Gasteiger partial charge < -0.3 is 14.6 Å². The smallest absolute Gasteiger partial charge is 0.235 e. The Labute approximate surface area is 190 Å². The van der Waals surface area contributed by atoms with Crippen LogP contribution in [0.5, 0.6) is 5.75 Å². The van der Waals surface area contributed by atoms with Gasteiger partial charge in [-0.1, -0.05) is 44.7 Å². The van der Waals surface area contributed by atoms with Crippen LogP contribution in [0.4, 0.5) is 5.00 Å². The fraction of sp³-hybridized carbons (Fsp3) is 0.364. The minimum atomic E-state index is -0.189. The summed E-state index contributed by atoms with van der Waals surface area (Å²) < 4.78 is 7.83.